The molecule has 1 unspecified atom stereocenters. The standard InChI is InChI=1S/C13H19N5/c14-10-11-4-2-1-3-8-17(11)13-12-5-6-16-18(12)9-7-15-13/h5-7,9,11H,1-4,8,10,14H2. The van der Waals surface area contributed by atoms with Crippen LogP contribution >= 0.6 is 0 Å². The lowest BCUT2D eigenvalue weighted by Crippen LogP contribution is -2.41. The molecular formula is C13H19N5. The van der Waals surface area contributed by atoms with E-state index in [0.717, 1.165) is 24.3 Å². The van der Waals surface area contributed by atoms with Crippen molar-refractivity contribution in [3.8, 4) is 0 Å². The molecule has 18 heavy (non-hydrogen) atoms. The second-order valence-corrected chi connectivity index (χ2v) is 4.84. The van der Waals surface area contributed by atoms with Crippen LogP contribution in [0.5, 0.6) is 0 Å². The summed E-state index contributed by atoms with van der Waals surface area (Å²) in [5.41, 5.74) is 7.00. The molecule has 2 aromatic heterocycles. The summed E-state index contributed by atoms with van der Waals surface area (Å²) < 4.78 is 1.88. The van der Waals surface area contributed by atoms with Crippen LogP contribution in [-0.2, 0) is 0 Å². The van der Waals surface area contributed by atoms with Crippen LogP contribution in [0.25, 0.3) is 5.52 Å². The van der Waals surface area contributed by atoms with Gasteiger partial charge in [0.15, 0.2) is 5.82 Å². The molecule has 1 atom stereocenters. The first-order valence-electron chi connectivity index (χ1n) is 6.65. The fourth-order valence-corrected chi connectivity index (χ4v) is 2.77. The number of hydrogen-bond acceptors (Lipinski definition) is 4. The third kappa shape index (κ3) is 1.95. The van der Waals surface area contributed by atoms with Crippen molar-refractivity contribution < 1.29 is 0 Å². The van der Waals surface area contributed by atoms with Gasteiger partial charge in [-0.2, -0.15) is 5.10 Å². The van der Waals surface area contributed by atoms with E-state index < -0.39 is 0 Å². The van der Waals surface area contributed by atoms with Crippen molar-refractivity contribution in [1.82, 2.24) is 14.6 Å². The third-order valence-electron chi connectivity index (χ3n) is 3.73. The molecule has 2 N–H and O–H groups in total. The Morgan fingerprint density at radius 2 is 2.22 bits per heavy atom. The van der Waals surface area contributed by atoms with Gasteiger partial charge in [0, 0.05) is 31.5 Å². The second kappa shape index (κ2) is 4.94. The Balaban J connectivity index is 2.02. The highest BCUT2D eigenvalue weighted by atomic mass is 15.3. The SMILES string of the molecule is NCC1CCCCCN1c1nccn2nccc12. The van der Waals surface area contributed by atoms with Gasteiger partial charge in [-0.15, -0.1) is 0 Å². The van der Waals surface area contributed by atoms with E-state index in [1.165, 1.54) is 19.3 Å². The van der Waals surface area contributed by atoms with Crippen molar-refractivity contribution in [3.05, 3.63) is 24.7 Å². The highest BCUT2D eigenvalue weighted by molar-refractivity contribution is 5.68. The molecule has 1 saturated heterocycles. The predicted octanol–water partition coefficient (Wildman–Crippen LogP) is 1.44. The molecule has 1 aliphatic rings. The highest BCUT2D eigenvalue weighted by Gasteiger charge is 2.22. The Kier molecular flexibility index (Phi) is 3.15. The molecule has 0 aliphatic carbocycles. The Bertz CT molecular complexity index is 521. The lowest BCUT2D eigenvalue weighted by atomic mass is 10.1. The first-order valence-corrected chi connectivity index (χ1v) is 6.65. The van der Waals surface area contributed by atoms with E-state index in [4.69, 9.17) is 5.73 Å². The lowest BCUT2D eigenvalue weighted by Gasteiger charge is -2.30. The van der Waals surface area contributed by atoms with Crippen LogP contribution in [0, 0.1) is 0 Å². The van der Waals surface area contributed by atoms with Gasteiger partial charge in [-0.1, -0.05) is 12.8 Å². The van der Waals surface area contributed by atoms with Crippen LogP contribution in [0.1, 0.15) is 25.7 Å². The number of fused-ring (bicyclic) bond motifs is 1. The van der Waals surface area contributed by atoms with Crippen LogP contribution < -0.4 is 10.6 Å². The molecular weight excluding hydrogens is 226 g/mol. The van der Waals surface area contributed by atoms with E-state index in [-0.39, 0.29) is 0 Å². The first kappa shape index (κ1) is 11.5. The monoisotopic (exact) mass is 245 g/mol. The quantitative estimate of drug-likeness (QED) is 0.869. The number of nitrogens with zero attached hydrogens (tertiary/aromatic N) is 4. The maximum Gasteiger partial charge on any atom is 0.154 e. The molecule has 5 nitrogen and oxygen atoms in total. The van der Waals surface area contributed by atoms with Crippen molar-refractivity contribution in [3.63, 3.8) is 0 Å². The highest BCUT2D eigenvalue weighted by Crippen LogP contribution is 2.25. The molecule has 0 bridgehead atoms. The minimum absolute atomic E-state index is 0.404. The summed E-state index contributed by atoms with van der Waals surface area (Å²) in [5, 5.41) is 4.27. The van der Waals surface area contributed by atoms with E-state index in [0.29, 0.717) is 12.6 Å². The van der Waals surface area contributed by atoms with E-state index in [1.54, 1.807) is 0 Å². The average Bonchev–Trinajstić information content (AvgIpc) is 2.76. The molecule has 0 aromatic carbocycles. The molecule has 0 spiro atoms. The largest absolute Gasteiger partial charge is 0.351 e. The molecule has 3 heterocycles. The summed E-state index contributed by atoms with van der Waals surface area (Å²) in [5.74, 6) is 1.02. The molecule has 5 heteroatoms. The zero-order valence-electron chi connectivity index (χ0n) is 10.5. The van der Waals surface area contributed by atoms with E-state index in [1.807, 2.05) is 29.2 Å². The van der Waals surface area contributed by atoms with Crippen LogP contribution in [0.15, 0.2) is 24.7 Å². The Labute approximate surface area is 107 Å². The number of nitrogens with two attached hydrogens (primary N) is 1. The van der Waals surface area contributed by atoms with Crippen molar-refractivity contribution >= 4 is 11.3 Å². The average molecular weight is 245 g/mol. The van der Waals surface area contributed by atoms with Gasteiger partial charge in [0.2, 0.25) is 0 Å². The summed E-state index contributed by atoms with van der Waals surface area (Å²) in [6.07, 6.45) is 10.4. The Morgan fingerprint density at radius 1 is 1.28 bits per heavy atom. The lowest BCUT2D eigenvalue weighted by molar-refractivity contribution is 0.576. The third-order valence-corrected chi connectivity index (χ3v) is 3.73. The zero-order chi connectivity index (χ0) is 12.4. The molecule has 0 radical (unpaired) electrons. The first-order chi connectivity index (χ1) is 8.90. The van der Waals surface area contributed by atoms with Crippen molar-refractivity contribution in [2.75, 3.05) is 18.0 Å². The van der Waals surface area contributed by atoms with Gasteiger partial charge in [0.25, 0.3) is 0 Å². The maximum atomic E-state index is 5.93. The van der Waals surface area contributed by atoms with E-state index in [9.17, 15) is 0 Å². The molecule has 3 rings (SSSR count). The summed E-state index contributed by atoms with van der Waals surface area (Å²) in [6, 6.07) is 2.42. The minimum atomic E-state index is 0.404. The minimum Gasteiger partial charge on any atom is -0.351 e. The second-order valence-electron chi connectivity index (χ2n) is 4.84. The van der Waals surface area contributed by atoms with E-state index >= 15 is 0 Å². The summed E-state index contributed by atoms with van der Waals surface area (Å²) in [6.45, 7) is 1.73. The predicted molar refractivity (Wildman–Crippen MR) is 71.6 cm³/mol. The summed E-state index contributed by atoms with van der Waals surface area (Å²) in [7, 11) is 0. The fraction of sp³-hybridized carbons (Fsp3) is 0.538. The van der Waals surface area contributed by atoms with Crippen LogP contribution in [0.3, 0.4) is 0 Å². The van der Waals surface area contributed by atoms with Gasteiger partial charge in [-0.25, -0.2) is 9.50 Å². The molecule has 2 aromatic rings. The number of anilines is 1. The van der Waals surface area contributed by atoms with Gasteiger partial charge in [-0.05, 0) is 18.9 Å². The van der Waals surface area contributed by atoms with Crippen LogP contribution in [0.2, 0.25) is 0 Å². The molecule has 0 saturated carbocycles. The zero-order valence-corrected chi connectivity index (χ0v) is 10.5. The Morgan fingerprint density at radius 3 is 3.11 bits per heavy atom. The van der Waals surface area contributed by atoms with E-state index in [2.05, 4.69) is 15.0 Å². The topological polar surface area (TPSA) is 59.5 Å². The molecule has 96 valence electrons. The maximum absolute atomic E-state index is 5.93. The van der Waals surface area contributed by atoms with Gasteiger partial charge in [-0.3, -0.25) is 0 Å². The fourth-order valence-electron chi connectivity index (χ4n) is 2.77. The van der Waals surface area contributed by atoms with Gasteiger partial charge in [0.1, 0.15) is 5.52 Å². The Hall–Kier alpha value is -1.62. The smallest absolute Gasteiger partial charge is 0.154 e. The van der Waals surface area contributed by atoms with Crippen molar-refractivity contribution in [1.29, 1.82) is 0 Å². The summed E-state index contributed by atoms with van der Waals surface area (Å²) in [4.78, 5) is 6.92. The van der Waals surface area contributed by atoms with Gasteiger partial charge in [0.05, 0.1) is 6.20 Å². The van der Waals surface area contributed by atoms with Crippen LogP contribution in [0.4, 0.5) is 5.82 Å². The van der Waals surface area contributed by atoms with Gasteiger partial charge >= 0.3 is 0 Å². The molecule has 1 aliphatic heterocycles. The van der Waals surface area contributed by atoms with Crippen molar-refractivity contribution in [2.24, 2.45) is 5.73 Å². The summed E-state index contributed by atoms with van der Waals surface area (Å²) >= 11 is 0. The van der Waals surface area contributed by atoms with Crippen LogP contribution in [-0.4, -0.2) is 33.7 Å². The number of aromatic nitrogens is 3. The normalized spacial score (nSPS) is 21.2. The van der Waals surface area contributed by atoms with Crippen molar-refractivity contribution in [2.45, 2.75) is 31.7 Å². The number of hydrogen-bond donors (Lipinski definition) is 1. The van der Waals surface area contributed by atoms with Gasteiger partial charge < -0.3 is 10.6 Å². The number of rotatable bonds is 2. The molecule has 0 amide bonds. The molecule has 1 fully saturated rings.